The van der Waals surface area contributed by atoms with Crippen LogP contribution in [0.5, 0.6) is 0 Å². The van der Waals surface area contributed by atoms with E-state index >= 15 is 0 Å². The number of carbonyl (C=O) groups is 2. The summed E-state index contributed by atoms with van der Waals surface area (Å²) in [4.78, 5) is 24.7. The van der Waals surface area contributed by atoms with Crippen molar-refractivity contribution in [1.82, 2.24) is 4.90 Å². The lowest BCUT2D eigenvalue weighted by molar-refractivity contribution is 0.0785. The highest BCUT2D eigenvalue weighted by Crippen LogP contribution is 2.12. The molecule has 2 aromatic carbocycles. The van der Waals surface area contributed by atoms with E-state index in [9.17, 15) is 9.59 Å². The zero-order valence-corrected chi connectivity index (χ0v) is 11.7. The molecule has 0 radical (unpaired) electrons. The Balaban J connectivity index is 2.03. The quantitative estimate of drug-likeness (QED) is 0.904. The van der Waals surface area contributed by atoms with Gasteiger partial charge in [0.15, 0.2) is 0 Å². The van der Waals surface area contributed by atoms with Crippen LogP contribution in [-0.4, -0.2) is 23.9 Å². The average molecular weight is 283 g/mol. The second kappa shape index (κ2) is 6.56. The van der Waals surface area contributed by atoms with Crippen molar-refractivity contribution in [2.75, 3.05) is 12.4 Å². The molecule has 2 aromatic rings. The second-order valence-electron chi connectivity index (χ2n) is 4.71. The average Bonchev–Trinajstić information content (AvgIpc) is 2.47. The van der Waals surface area contributed by atoms with E-state index in [0.29, 0.717) is 17.8 Å². The SMILES string of the molecule is CN(Cc1ccccc1)C(=O)c1ccc(NC(N)=O)cc1. The van der Waals surface area contributed by atoms with Gasteiger partial charge in [-0.2, -0.15) is 0 Å². The number of hydrogen-bond acceptors (Lipinski definition) is 2. The van der Waals surface area contributed by atoms with E-state index in [4.69, 9.17) is 5.73 Å². The number of hydrogen-bond donors (Lipinski definition) is 2. The summed E-state index contributed by atoms with van der Waals surface area (Å²) in [6.07, 6.45) is 0. The number of benzene rings is 2. The van der Waals surface area contributed by atoms with Gasteiger partial charge in [0.1, 0.15) is 0 Å². The first-order chi connectivity index (χ1) is 10.1. The smallest absolute Gasteiger partial charge is 0.316 e. The zero-order chi connectivity index (χ0) is 15.2. The number of nitrogens with two attached hydrogens (primary N) is 1. The number of carbonyl (C=O) groups excluding carboxylic acids is 2. The maximum atomic E-state index is 12.3. The maximum Gasteiger partial charge on any atom is 0.316 e. The lowest BCUT2D eigenvalue weighted by Gasteiger charge is -2.17. The molecule has 0 aliphatic carbocycles. The molecular formula is C16H17N3O2. The molecule has 0 aliphatic rings. The molecule has 3 amide bonds. The van der Waals surface area contributed by atoms with Crippen LogP contribution >= 0.6 is 0 Å². The first-order valence-electron chi connectivity index (χ1n) is 6.52. The Labute approximate surface area is 123 Å². The summed E-state index contributed by atoms with van der Waals surface area (Å²) in [5, 5.41) is 2.45. The molecule has 2 rings (SSSR count). The third-order valence-electron chi connectivity index (χ3n) is 3.01. The molecule has 21 heavy (non-hydrogen) atoms. The van der Waals surface area contributed by atoms with Crippen LogP contribution in [0.3, 0.4) is 0 Å². The lowest BCUT2D eigenvalue weighted by Crippen LogP contribution is -2.26. The Morgan fingerprint density at radius 1 is 1.05 bits per heavy atom. The van der Waals surface area contributed by atoms with Gasteiger partial charge < -0.3 is 16.0 Å². The number of primary amides is 1. The molecular weight excluding hydrogens is 266 g/mol. The topological polar surface area (TPSA) is 75.4 Å². The molecule has 0 heterocycles. The lowest BCUT2D eigenvalue weighted by atomic mass is 10.1. The molecule has 5 nitrogen and oxygen atoms in total. The van der Waals surface area contributed by atoms with Crippen molar-refractivity contribution >= 4 is 17.6 Å². The van der Waals surface area contributed by atoms with Gasteiger partial charge in [-0.05, 0) is 29.8 Å². The van der Waals surface area contributed by atoms with Crippen molar-refractivity contribution in [2.24, 2.45) is 5.73 Å². The summed E-state index contributed by atoms with van der Waals surface area (Å²) >= 11 is 0. The fraction of sp³-hybridized carbons (Fsp3) is 0.125. The van der Waals surface area contributed by atoms with E-state index in [2.05, 4.69) is 5.32 Å². The normalized spacial score (nSPS) is 9.95. The Morgan fingerprint density at radius 3 is 2.24 bits per heavy atom. The molecule has 3 N–H and O–H groups in total. The van der Waals surface area contributed by atoms with Crippen LogP contribution in [0.25, 0.3) is 0 Å². The fourth-order valence-corrected chi connectivity index (χ4v) is 1.99. The molecule has 0 aromatic heterocycles. The molecule has 5 heteroatoms. The number of rotatable bonds is 4. The maximum absolute atomic E-state index is 12.3. The van der Waals surface area contributed by atoms with Gasteiger partial charge in [0.2, 0.25) is 0 Å². The molecule has 0 spiro atoms. The van der Waals surface area contributed by atoms with Gasteiger partial charge in [0.05, 0.1) is 0 Å². The van der Waals surface area contributed by atoms with Crippen LogP contribution in [0.1, 0.15) is 15.9 Å². The minimum absolute atomic E-state index is 0.0792. The molecule has 0 atom stereocenters. The summed E-state index contributed by atoms with van der Waals surface area (Å²) in [6.45, 7) is 0.543. The largest absolute Gasteiger partial charge is 0.351 e. The van der Waals surface area contributed by atoms with Crippen molar-refractivity contribution in [1.29, 1.82) is 0 Å². The van der Waals surface area contributed by atoms with Crippen LogP contribution < -0.4 is 11.1 Å². The molecule has 0 bridgehead atoms. The summed E-state index contributed by atoms with van der Waals surface area (Å²) in [6, 6.07) is 15.8. The number of urea groups is 1. The van der Waals surface area contributed by atoms with Crippen LogP contribution in [0.2, 0.25) is 0 Å². The molecule has 0 fully saturated rings. The van der Waals surface area contributed by atoms with Crippen molar-refractivity contribution in [3.8, 4) is 0 Å². The summed E-state index contributed by atoms with van der Waals surface area (Å²) in [7, 11) is 1.75. The van der Waals surface area contributed by atoms with Crippen LogP contribution in [-0.2, 0) is 6.54 Å². The highest BCUT2D eigenvalue weighted by Gasteiger charge is 2.11. The highest BCUT2D eigenvalue weighted by molar-refractivity contribution is 5.95. The monoisotopic (exact) mass is 283 g/mol. The molecule has 0 unspecified atom stereocenters. The van der Waals surface area contributed by atoms with E-state index in [0.717, 1.165) is 5.56 Å². The van der Waals surface area contributed by atoms with Gasteiger partial charge in [0.25, 0.3) is 5.91 Å². The fourth-order valence-electron chi connectivity index (χ4n) is 1.99. The number of nitrogens with one attached hydrogen (secondary N) is 1. The van der Waals surface area contributed by atoms with Crippen molar-refractivity contribution in [3.05, 3.63) is 65.7 Å². The third kappa shape index (κ3) is 4.07. The van der Waals surface area contributed by atoms with Gasteiger partial charge >= 0.3 is 6.03 Å². The third-order valence-corrected chi connectivity index (χ3v) is 3.01. The highest BCUT2D eigenvalue weighted by atomic mass is 16.2. The summed E-state index contributed by atoms with van der Waals surface area (Å²) < 4.78 is 0. The van der Waals surface area contributed by atoms with Gasteiger partial charge in [-0.15, -0.1) is 0 Å². The van der Waals surface area contributed by atoms with Gasteiger partial charge in [-0.3, -0.25) is 4.79 Å². The first-order valence-corrected chi connectivity index (χ1v) is 6.52. The van der Waals surface area contributed by atoms with Gasteiger partial charge in [0, 0.05) is 24.8 Å². The minimum atomic E-state index is -0.629. The molecule has 0 saturated carbocycles. The molecule has 108 valence electrons. The van der Waals surface area contributed by atoms with E-state index < -0.39 is 6.03 Å². The van der Waals surface area contributed by atoms with Crippen LogP contribution in [0.4, 0.5) is 10.5 Å². The zero-order valence-electron chi connectivity index (χ0n) is 11.7. The van der Waals surface area contributed by atoms with Crippen molar-refractivity contribution in [2.45, 2.75) is 6.54 Å². The van der Waals surface area contributed by atoms with E-state index in [1.54, 1.807) is 36.2 Å². The minimum Gasteiger partial charge on any atom is -0.351 e. The Kier molecular flexibility index (Phi) is 4.56. The van der Waals surface area contributed by atoms with E-state index in [1.807, 2.05) is 30.3 Å². The Bertz CT molecular complexity index is 624. The van der Waals surface area contributed by atoms with Crippen LogP contribution in [0.15, 0.2) is 54.6 Å². The molecule has 0 aliphatic heterocycles. The number of amides is 3. The van der Waals surface area contributed by atoms with Gasteiger partial charge in [-0.25, -0.2) is 4.79 Å². The Hall–Kier alpha value is -2.82. The van der Waals surface area contributed by atoms with Crippen molar-refractivity contribution < 1.29 is 9.59 Å². The predicted octanol–water partition coefficient (Wildman–Crippen LogP) is 2.45. The van der Waals surface area contributed by atoms with E-state index in [1.165, 1.54) is 0 Å². The summed E-state index contributed by atoms with van der Waals surface area (Å²) in [5.41, 5.74) is 7.22. The van der Waals surface area contributed by atoms with Crippen LogP contribution in [0, 0.1) is 0 Å². The predicted molar refractivity (Wildman–Crippen MR) is 81.9 cm³/mol. The van der Waals surface area contributed by atoms with Crippen molar-refractivity contribution in [3.63, 3.8) is 0 Å². The Morgan fingerprint density at radius 2 is 1.67 bits per heavy atom. The molecule has 0 saturated heterocycles. The number of anilines is 1. The second-order valence-corrected chi connectivity index (χ2v) is 4.71. The standard InChI is InChI=1S/C16H17N3O2/c1-19(11-12-5-3-2-4-6-12)15(20)13-7-9-14(10-8-13)18-16(17)21/h2-10H,11H2,1H3,(H3,17,18,21). The number of nitrogens with zero attached hydrogens (tertiary/aromatic N) is 1. The van der Waals surface area contributed by atoms with E-state index in [-0.39, 0.29) is 5.91 Å². The van der Waals surface area contributed by atoms with Gasteiger partial charge in [-0.1, -0.05) is 30.3 Å². The summed E-state index contributed by atoms with van der Waals surface area (Å²) in [5.74, 6) is -0.0792. The first kappa shape index (κ1) is 14.6.